The highest BCUT2D eigenvalue weighted by Crippen LogP contribution is 2.22. The van der Waals surface area contributed by atoms with Crippen molar-refractivity contribution in [1.82, 2.24) is 24.4 Å². The van der Waals surface area contributed by atoms with E-state index in [1.54, 1.807) is 32.3 Å². The van der Waals surface area contributed by atoms with Crippen molar-refractivity contribution < 1.29 is 27.4 Å². The monoisotopic (exact) mass is 480 g/mol. The molecule has 0 bridgehead atoms. The summed E-state index contributed by atoms with van der Waals surface area (Å²) >= 11 is 0. The van der Waals surface area contributed by atoms with Gasteiger partial charge in [-0.25, -0.2) is 9.97 Å². The molecule has 1 N–H and O–H groups in total. The number of fused-ring (bicyclic) bond motifs is 1. The zero-order valence-electron chi connectivity index (χ0n) is 18.7. The number of anilines is 1. The maximum atomic E-state index is 13.1. The van der Waals surface area contributed by atoms with Gasteiger partial charge in [0.2, 0.25) is 11.8 Å². The van der Waals surface area contributed by atoms with Crippen molar-refractivity contribution in [3.63, 3.8) is 0 Å². The van der Waals surface area contributed by atoms with Crippen LogP contribution in [0.2, 0.25) is 0 Å². The minimum Gasteiger partial charge on any atom is -0.481 e. The second-order valence-electron chi connectivity index (χ2n) is 7.37. The third-order valence-electron chi connectivity index (χ3n) is 4.70. The summed E-state index contributed by atoms with van der Waals surface area (Å²) in [5, 5.41) is 2.69. The molecule has 0 spiro atoms. The van der Waals surface area contributed by atoms with Gasteiger partial charge in [0.15, 0.2) is 5.82 Å². The van der Waals surface area contributed by atoms with Gasteiger partial charge in [-0.1, -0.05) is 0 Å². The fourth-order valence-corrected chi connectivity index (χ4v) is 2.95. The first-order chi connectivity index (χ1) is 16.1. The van der Waals surface area contributed by atoms with E-state index in [4.69, 9.17) is 9.47 Å². The Bertz CT molecular complexity index is 1210. The number of rotatable bonds is 9. The van der Waals surface area contributed by atoms with Gasteiger partial charge in [0.25, 0.3) is 5.56 Å². The van der Waals surface area contributed by atoms with E-state index in [1.807, 2.05) is 0 Å². The molecule has 10 nitrogen and oxygen atoms in total. The van der Waals surface area contributed by atoms with Crippen molar-refractivity contribution in [3.05, 3.63) is 40.9 Å². The number of nitrogens with zero attached hydrogens (tertiary/aromatic N) is 5. The first-order valence-corrected chi connectivity index (χ1v) is 10.1. The summed E-state index contributed by atoms with van der Waals surface area (Å²) in [4.78, 5) is 39.1. The molecule has 3 rings (SSSR count). The number of hydrogen-bond donors (Lipinski definition) is 1. The Balaban J connectivity index is 1.99. The number of methoxy groups -OCH3 is 1. The van der Waals surface area contributed by atoms with E-state index < -0.39 is 18.3 Å². The van der Waals surface area contributed by atoms with E-state index in [0.29, 0.717) is 28.2 Å². The number of hydrogen-bond acceptors (Lipinski definition) is 8. The molecule has 0 aliphatic carbocycles. The average Bonchev–Trinajstić information content (AvgIpc) is 2.80. The molecule has 3 heterocycles. The minimum absolute atomic E-state index is 0.126. The van der Waals surface area contributed by atoms with Crippen molar-refractivity contribution in [2.75, 3.05) is 46.3 Å². The highest BCUT2D eigenvalue weighted by Gasteiger charge is 2.27. The molecule has 0 saturated carbocycles. The topological polar surface area (TPSA) is 111 Å². The Hall–Kier alpha value is -3.74. The minimum atomic E-state index is -4.48. The van der Waals surface area contributed by atoms with E-state index in [0.717, 1.165) is 0 Å². The summed E-state index contributed by atoms with van der Waals surface area (Å²) in [6, 6.07) is 4.96. The van der Waals surface area contributed by atoms with Gasteiger partial charge in [-0.05, 0) is 12.1 Å². The smallest absolute Gasteiger partial charge is 0.411 e. The van der Waals surface area contributed by atoms with Crippen LogP contribution in [0.1, 0.15) is 0 Å². The predicted octanol–water partition coefficient (Wildman–Crippen LogP) is 1.94. The van der Waals surface area contributed by atoms with Crippen LogP contribution in [0, 0.1) is 0 Å². The zero-order chi connectivity index (χ0) is 24.9. The third kappa shape index (κ3) is 6.19. The van der Waals surface area contributed by atoms with Crippen molar-refractivity contribution in [3.8, 4) is 17.1 Å². The van der Waals surface area contributed by atoms with Gasteiger partial charge in [-0.2, -0.15) is 13.2 Å². The Morgan fingerprint density at radius 1 is 1.21 bits per heavy atom. The number of carbonyl (C=O) groups is 1. The van der Waals surface area contributed by atoms with Crippen LogP contribution in [0.4, 0.5) is 19.0 Å². The van der Waals surface area contributed by atoms with Gasteiger partial charge in [0.05, 0.1) is 37.7 Å². The largest absolute Gasteiger partial charge is 0.481 e. The Kier molecular flexibility index (Phi) is 7.66. The molecule has 0 aromatic carbocycles. The normalized spacial score (nSPS) is 11.5. The summed E-state index contributed by atoms with van der Waals surface area (Å²) in [6.07, 6.45) is -1.51. The number of ether oxygens (including phenoxy) is 2. The highest BCUT2D eigenvalue weighted by molar-refractivity contribution is 5.82. The fraction of sp³-hybridized carbons (Fsp3) is 0.381. The first kappa shape index (κ1) is 24.9. The van der Waals surface area contributed by atoms with Crippen LogP contribution < -0.4 is 15.6 Å². The molecule has 1 amide bonds. The average molecular weight is 480 g/mol. The zero-order valence-corrected chi connectivity index (χ0v) is 18.7. The van der Waals surface area contributed by atoms with Crippen LogP contribution in [0.3, 0.4) is 0 Å². The van der Waals surface area contributed by atoms with E-state index in [-0.39, 0.29) is 31.4 Å². The molecular formula is C21H23F3N6O4. The lowest BCUT2D eigenvalue weighted by atomic mass is 10.2. The van der Waals surface area contributed by atoms with Gasteiger partial charge in [0, 0.05) is 38.5 Å². The Morgan fingerprint density at radius 3 is 2.59 bits per heavy atom. The molecule has 0 aliphatic heterocycles. The molecular weight excluding hydrogens is 457 g/mol. The highest BCUT2D eigenvalue weighted by atomic mass is 19.4. The van der Waals surface area contributed by atoms with Crippen LogP contribution in [-0.2, 0) is 16.1 Å². The Morgan fingerprint density at radius 2 is 1.97 bits per heavy atom. The lowest BCUT2D eigenvalue weighted by molar-refractivity contribution is -0.174. The molecule has 0 saturated heterocycles. The van der Waals surface area contributed by atoms with Gasteiger partial charge >= 0.3 is 6.18 Å². The molecule has 0 unspecified atom stereocenters. The number of amides is 1. The summed E-state index contributed by atoms with van der Waals surface area (Å²) in [5.74, 6) is -0.00561. The van der Waals surface area contributed by atoms with Gasteiger partial charge in [-0.15, -0.1) is 0 Å². The Labute approximate surface area is 192 Å². The van der Waals surface area contributed by atoms with Crippen molar-refractivity contribution >= 4 is 22.8 Å². The molecule has 3 aromatic heterocycles. The number of halogens is 3. The number of nitrogens with one attached hydrogen (secondary N) is 1. The lowest BCUT2D eigenvalue weighted by Gasteiger charge is -2.15. The quantitative estimate of drug-likeness (QED) is 0.463. The van der Waals surface area contributed by atoms with Gasteiger partial charge < -0.3 is 24.3 Å². The molecule has 0 radical (unpaired) electrons. The standard InChI is InChI=1S/C21H23F3N6O4/c1-29(2)18(31)11-27-19-20(32)30(6-7-34-12-21(22,23)24)16-8-14(25-10-15(16)28-19)13-4-5-17(33-3)26-9-13/h4-5,8-10H,6-7,11-12H2,1-3H3,(H,27,28). The van der Waals surface area contributed by atoms with E-state index in [9.17, 15) is 22.8 Å². The summed E-state index contributed by atoms with van der Waals surface area (Å²) in [7, 11) is 4.61. The summed E-state index contributed by atoms with van der Waals surface area (Å²) < 4.78 is 48.3. The van der Waals surface area contributed by atoms with Crippen LogP contribution in [-0.4, -0.2) is 77.5 Å². The predicted molar refractivity (Wildman–Crippen MR) is 118 cm³/mol. The number of pyridine rings is 2. The molecule has 13 heteroatoms. The van der Waals surface area contributed by atoms with Crippen molar-refractivity contribution in [1.29, 1.82) is 0 Å². The maximum Gasteiger partial charge on any atom is 0.411 e. The van der Waals surface area contributed by atoms with Crippen LogP contribution in [0.25, 0.3) is 22.3 Å². The van der Waals surface area contributed by atoms with E-state index in [2.05, 4.69) is 20.3 Å². The molecule has 3 aromatic rings. The van der Waals surface area contributed by atoms with Crippen molar-refractivity contribution in [2.24, 2.45) is 0 Å². The maximum absolute atomic E-state index is 13.1. The fourth-order valence-electron chi connectivity index (χ4n) is 2.95. The SMILES string of the molecule is COc1ccc(-c2cc3c(cn2)nc(NCC(=O)N(C)C)c(=O)n3CCOCC(F)(F)F)cn1. The summed E-state index contributed by atoms with van der Waals surface area (Å²) in [5.41, 5.74) is 1.14. The summed E-state index contributed by atoms with van der Waals surface area (Å²) in [6.45, 7) is -2.16. The number of carbonyl (C=O) groups excluding carboxylic acids is 1. The molecule has 34 heavy (non-hydrogen) atoms. The lowest BCUT2D eigenvalue weighted by Crippen LogP contribution is -2.33. The number of aromatic nitrogens is 4. The molecule has 0 atom stereocenters. The molecule has 182 valence electrons. The number of likely N-dealkylation sites (N-methyl/N-ethyl adjacent to an activating group) is 1. The second-order valence-corrected chi connectivity index (χ2v) is 7.37. The van der Waals surface area contributed by atoms with Gasteiger partial charge in [0.1, 0.15) is 12.1 Å². The van der Waals surface area contributed by atoms with E-state index in [1.165, 1.54) is 29.0 Å². The molecule has 0 fully saturated rings. The second kappa shape index (κ2) is 10.5. The number of alkyl halides is 3. The third-order valence-corrected chi connectivity index (χ3v) is 4.70. The first-order valence-electron chi connectivity index (χ1n) is 10.1. The van der Waals surface area contributed by atoms with Crippen LogP contribution in [0.5, 0.6) is 5.88 Å². The van der Waals surface area contributed by atoms with Crippen LogP contribution >= 0.6 is 0 Å². The van der Waals surface area contributed by atoms with Crippen molar-refractivity contribution in [2.45, 2.75) is 12.7 Å². The molecule has 0 aliphatic rings. The van der Waals surface area contributed by atoms with Crippen LogP contribution in [0.15, 0.2) is 35.4 Å². The van der Waals surface area contributed by atoms with E-state index >= 15 is 0 Å². The van der Waals surface area contributed by atoms with Gasteiger partial charge in [-0.3, -0.25) is 14.6 Å².